The number of benzene rings is 1. The first kappa shape index (κ1) is 14.2. The average molecular weight is 237 g/mol. The van der Waals surface area contributed by atoms with Gasteiger partial charge in [-0.25, -0.2) is 4.39 Å². The first-order valence-electron chi connectivity index (χ1n) is 6.28. The molecule has 1 aromatic rings. The first-order chi connectivity index (χ1) is 7.83. The van der Waals surface area contributed by atoms with E-state index in [1.54, 1.807) is 12.1 Å². The van der Waals surface area contributed by atoms with Crippen LogP contribution in [0.1, 0.15) is 38.8 Å². The fourth-order valence-corrected chi connectivity index (χ4v) is 1.56. The van der Waals surface area contributed by atoms with Gasteiger partial charge in [-0.05, 0) is 24.3 Å². The monoisotopic (exact) mass is 237 g/mol. The minimum Gasteiger partial charge on any atom is -0.312 e. The zero-order valence-electron chi connectivity index (χ0n) is 11.6. The van der Waals surface area contributed by atoms with Crippen LogP contribution in [0.3, 0.4) is 0 Å². The summed E-state index contributed by atoms with van der Waals surface area (Å²) in [4.78, 5) is 0. The van der Waals surface area contributed by atoms with Crippen molar-refractivity contribution in [2.75, 3.05) is 6.54 Å². The lowest BCUT2D eigenvalue weighted by Crippen LogP contribution is -2.33. The fraction of sp³-hybridized carbons (Fsp3) is 0.600. The Kier molecular flexibility index (Phi) is 4.70. The van der Waals surface area contributed by atoms with Gasteiger partial charge < -0.3 is 5.32 Å². The van der Waals surface area contributed by atoms with Gasteiger partial charge in [0.2, 0.25) is 0 Å². The molecule has 0 radical (unpaired) electrons. The van der Waals surface area contributed by atoms with Crippen LogP contribution in [0.5, 0.6) is 0 Å². The van der Waals surface area contributed by atoms with E-state index < -0.39 is 0 Å². The van der Waals surface area contributed by atoms with Gasteiger partial charge in [-0.15, -0.1) is 0 Å². The predicted molar refractivity (Wildman–Crippen MR) is 71.5 cm³/mol. The van der Waals surface area contributed by atoms with E-state index in [9.17, 15) is 4.39 Å². The molecule has 0 aliphatic heterocycles. The molecule has 0 saturated carbocycles. The summed E-state index contributed by atoms with van der Waals surface area (Å²) in [6, 6.07) is 5.25. The molecule has 0 saturated heterocycles. The maximum atomic E-state index is 13.5. The lowest BCUT2D eigenvalue weighted by molar-refractivity contribution is 0.237. The predicted octanol–water partition coefficient (Wildman–Crippen LogP) is 3.91. The maximum Gasteiger partial charge on any atom is 0.127 e. The SMILES string of the molecule is Cc1ccc(F)c(CNCC(C)(C)C(C)C)c1. The summed E-state index contributed by atoms with van der Waals surface area (Å²) >= 11 is 0. The molecular formula is C15H24FN. The highest BCUT2D eigenvalue weighted by atomic mass is 19.1. The van der Waals surface area contributed by atoms with Gasteiger partial charge in [-0.3, -0.25) is 0 Å². The van der Waals surface area contributed by atoms with E-state index in [1.165, 1.54) is 0 Å². The summed E-state index contributed by atoms with van der Waals surface area (Å²) in [5.74, 6) is 0.489. The molecule has 0 spiro atoms. The Hall–Kier alpha value is -0.890. The Morgan fingerprint density at radius 3 is 2.53 bits per heavy atom. The summed E-state index contributed by atoms with van der Waals surface area (Å²) in [7, 11) is 0. The van der Waals surface area contributed by atoms with Crippen LogP contribution in [0.4, 0.5) is 4.39 Å². The number of hydrogen-bond acceptors (Lipinski definition) is 1. The van der Waals surface area contributed by atoms with Crippen molar-refractivity contribution in [3.8, 4) is 0 Å². The van der Waals surface area contributed by atoms with Gasteiger partial charge in [0.15, 0.2) is 0 Å². The molecule has 0 aliphatic rings. The summed E-state index contributed by atoms with van der Waals surface area (Å²) in [6.45, 7) is 12.4. The van der Waals surface area contributed by atoms with Crippen LogP contribution >= 0.6 is 0 Å². The van der Waals surface area contributed by atoms with Crippen molar-refractivity contribution in [1.29, 1.82) is 0 Å². The highest BCUT2D eigenvalue weighted by Crippen LogP contribution is 2.24. The molecule has 1 N–H and O–H groups in total. The third kappa shape index (κ3) is 4.12. The highest BCUT2D eigenvalue weighted by molar-refractivity contribution is 5.23. The van der Waals surface area contributed by atoms with Crippen molar-refractivity contribution in [3.63, 3.8) is 0 Å². The molecule has 0 aromatic heterocycles. The third-order valence-corrected chi connectivity index (χ3v) is 3.66. The molecule has 0 aliphatic carbocycles. The third-order valence-electron chi connectivity index (χ3n) is 3.66. The van der Waals surface area contributed by atoms with Gasteiger partial charge >= 0.3 is 0 Å². The summed E-state index contributed by atoms with van der Waals surface area (Å²) in [6.07, 6.45) is 0. The Morgan fingerprint density at radius 2 is 1.94 bits per heavy atom. The lowest BCUT2D eigenvalue weighted by atomic mass is 9.81. The van der Waals surface area contributed by atoms with Crippen molar-refractivity contribution in [2.45, 2.75) is 41.2 Å². The molecule has 1 aromatic carbocycles. The first-order valence-corrected chi connectivity index (χ1v) is 6.28. The quantitative estimate of drug-likeness (QED) is 0.819. The summed E-state index contributed by atoms with van der Waals surface area (Å²) in [5, 5.41) is 3.35. The second-order valence-electron chi connectivity index (χ2n) is 5.84. The largest absolute Gasteiger partial charge is 0.312 e. The summed E-state index contributed by atoms with van der Waals surface area (Å²) in [5.41, 5.74) is 2.09. The maximum absolute atomic E-state index is 13.5. The second kappa shape index (κ2) is 5.63. The Morgan fingerprint density at radius 1 is 1.29 bits per heavy atom. The molecule has 0 unspecified atom stereocenters. The molecule has 0 bridgehead atoms. The van der Waals surface area contributed by atoms with Crippen LogP contribution in [0, 0.1) is 24.1 Å². The van der Waals surface area contributed by atoms with Gasteiger partial charge in [-0.2, -0.15) is 0 Å². The van der Waals surface area contributed by atoms with Crippen LogP contribution in [0.25, 0.3) is 0 Å². The molecule has 17 heavy (non-hydrogen) atoms. The van der Waals surface area contributed by atoms with Crippen molar-refractivity contribution >= 4 is 0 Å². The fourth-order valence-electron chi connectivity index (χ4n) is 1.56. The zero-order chi connectivity index (χ0) is 13.1. The molecular weight excluding hydrogens is 213 g/mol. The summed E-state index contributed by atoms with van der Waals surface area (Å²) < 4.78 is 13.5. The molecule has 2 heteroatoms. The van der Waals surface area contributed by atoms with Gasteiger partial charge in [0.1, 0.15) is 5.82 Å². The highest BCUT2D eigenvalue weighted by Gasteiger charge is 2.21. The van der Waals surface area contributed by atoms with Crippen molar-refractivity contribution in [3.05, 3.63) is 35.1 Å². The zero-order valence-corrected chi connectivity index (χ0v) is 11.6. The second-order valence-corrected chi connectivity index (χ2v) is 5.84. The molecule has 1 rings (SSSR count). The normalized spacial score (nSPS) is 12.2. The smallest absolute Gasteiger partial charge is 0.127 e. The van der Waals surface area contributed by atoms with Crippen LogP contribution in [0.15, 0.2) is 18.2 Å². The molecule has 0 heterocycles. The number of nitrogens with one attached hydrogen (secondary N) is 1. The lowest BCUT2D eigenvalue weighted by Gasteiger charge is -2.29. The Balaban J connectivity index is 2.54. The molecule has 96 valence electrons. The topological polar surface area (TPSA) is 12.0 Å². The van der Waals surface area contributed by atoms with Crippen molar-refractivity contribution < 1.29 is 4.39 Å². The number of halogens is 1. The minimum absolute atomic E-state index is 0.120. The van der Waals surface area contributed by atoms with E-state index in [1.807, 2.05) is 13.0 Å². The van der Waals surface area contributed by atoms with Gasteiger partial charge in [0, 0.05) is 18.7 Å². The Labute approximate surface area is 104 Å². The van der Waals surface area contributed by atoms with Crippen molar-refractivity contribution in [1.82, 2.24) is 5.32 Å². The van der Waals surface area contributed by atoms with Crippen LogP contribution in [0.2, 0.25) is 0 Å². The minimum atomic E-state index is -0.120. The van der Waals surface area contributed by atoms with Crippen LogP contribution in [-0.2, 0) is 6.54 Å². The number of hydrogen-bond donors (Lipinski definition) is 1. The van der Waals surface area contributed by atoms with Crippen molar-refractivity contribution in [2.24, 2.45) is 11.3 Å². The number of rotatable bonds is 5. The molecule has 0 amide bonds. The molecule has 0 fully saturated rings. The molecule has 0 atom stereocenters. The van der Waals surface area contributed by atoms with E-state index in [4.69, 9.17) is 0 Å². The van der Waals surface area contributed by atoms with E-state index in [2.05, 4.69) is 33.0 Å². The average Bonchev–Trinajstić information content (AvgIpc) is 2.22. The van der Waals surface area contributed by atoms with Gasteiger partial charge in [-0.1, -0.05) is 45.4 Å². The van der Waals surface area contributed by atoms with Crippen LogP contribution < -0.4 is 5.32 Å². The number of aryl methyl sites for hydroxylation is 1. The molecule has 1 nitrogen and oxygen atoms in total. The van der Waals surface area contributed by atoms with E-state index in [0.29, 0.717) is 12.5 Å². The van der Waals surface area contributed by atoms with E-state index in [-0.39, 0.29) is 11.2 Å². The van der Waals surface area contributed by atoms with E-state index >= 15 is 0 Å². The standard InChI is InChI=1S/C15H24FN/c1-11(2)15(4,5)10-17-9-13-8-12(3)6-7-14(13)16/h6-8,11,17H,9-10H2,1-5H3. The van der Waals surface area contributed by atoms with E-state index in [0.717, 1.165) is 17.7 Å². The van der Waals surface area contributed by atoms with Crippen LogP contribution in [-0.4, -0.2) is 6.54 Å². The van der Waals surface area contributed by atoms with Gasteiger partial charge in [0.05, 0.1) is 0 Å². The Bertz CT molecular complexity index is 369. The van der Waals surface area contributed by atoms with Gasteiger partial charge in [0.25, 0.3) is 0 Å².